The summed E-state index contributed by atoms with van der Waals surface area (Å²) in [6.45, 7) is 6.46. The molecule has 3 aromatic heterocycles. The maximum atomic E-state index is 13.7. The lowest BCUT2D eigenvalue weighted by molar-refractivity contribution is 0.0526. The van der Waals surface area contributed by atoms with Crippen molar-refractivity contribution in [1.82, 2.24) is 4.98 Å². The molecule has 1 amide bonds. The number of aryl methyl sites for hydroxylation is 1. The first-order valence-corrected chi connectivity index (χ1v) is 13.7. The van der Waals surface area contributed by atoms with Crippen LogP contribution in [0, 0.1) is 5.92 Å². The first-order chi connectivity index (χ1) is 17.0. The molecule has 0 saturated carbocycles. The minimum absolute atomic E-state index is 0.241. The summed E-state index contributed by atoms with van der Waals surface area (Å²) < 4.78 is 5.38. The third-order valence-corrected chi connectivity index (χ3v) is 8.86. The highest BCUT2D eigenvalue weighted by molar-refractivity contribution is 7.17. The van der Waals surface area contributed by atoms with Crippen molar-refractivity contribution >= 4 is 50.5 Å². The smallest absolute Gasteiger partial charge is 0.341 e. The molecule has 0 bridgehead atoms. The number of amides is 1. The Morgan fingerprint density at radius 2 is 1.97 bits per heavy atom. The number of nitrogens with one attached hydrogen (secondary N) is 1. The van der Waals surface area contributed by atoms with Gasteiger partial charge in [0, 0.05) is 15.1 Å². The van der Waals surface area contributed by atoms with Crippen molar-refractivity contribution in [3.8, 4) is 10.6 Å². The van der Waals surface area contributed by atoms with Crippen molar-refractivity contribution in [2.45, 2.75) is 46.5 Å². The molecule has 1 N–H and O–H groups in total. The number of hydrogen-bond acceptors (Lipinski definition) is 6. The minimum atomic E-state index is -0.360. The van der Waals surface area contributed by atoms with Gasteiger partial charge in [-0.05, 0) is 68.4 Å². The molecule has 1 unspecified atom stereocenters. The summed E-state index contributed by atoms with van der Waals surface area (Å²) in [5.41, 5.74) is 3.66. The minimum Gasteiger partial charge on any atom is -0.462 e. The molecular formula is C28H28N2O3S2. The van der Waals surface area contributed by atoms with Crippen LogP contribution in [-0.4, -0.2) is 23.5 Å². The molecule has 0 saturated heterocycles. The van der Waals surface area contributed by atoms with Crippen molar-refractivity contribution in [2.75, 3.05) is 11.9 Å². The van der Waals surface area contributed by atoms with E-state index in [0.717, 1.165) is 52.7 Å². The van der Waals surface area contributed by atoms with E-state index < -0.39 is 0 Å². The van der Waals surface area contributed by atoms with Gasteiger partial charge in [0.15, 0.2) is 0 Å². The zero-order valence-electron chi connectivity index (χ0n) is 20.1. The van der Waals surface area contributed by atoms with Gasteiger partial charge in [0.05, 0.1) is 33.8 Å². The molecule has 0 aliphatic heterocycles. The van der Waals surface area contributed by atoms with Crippen LogP contribution in [-0.2, 0) is 24.0 Å². The lowest BCUT2D eigenvalue weighted by atomic mass is 9.88. The zero-order valence-corrected chi connectivity index (χ0v) is 21.8. The number of hydrogen-bond donors (Lipinski definition) is 1. The van der Waals surface area contributed by atoms with Crippen molar-refractivity contribution in [2.24, 2.45) is 5.92 Å². The SMILES string of the molecule is CCOC(=O)c1c(NC(=O)c2cc(-c3ccc(CC)s3)nc3ccccc23)sc2c1CCC(C)C2. The molecular weight excluding hydrogens is 476 g/mol. The molecule has 5 nitrogen and oxygen atoms in total. The molecule has 4 aromatic rings. The number of carbonyl (C=O) groups is 2. The second-order valence-corrected chi connectivity index (χ2v) is 11.2. The summed E-state index contributed by atoms with van der Waals surface area (Å²) in [6, 6.07) is 13.7. The third-order valence-electron chi connectivity index (χ3n) is 6.44. The number of benzene rings is 1. The number of thiophene rings is 2. The van der Waals surface area contributed by atoms with Gasteiger partial charge in [-0.2, -0.15) is 0 Å². The van der Waals surface area contributed by atoms with Crippen LogP contribution < -0.4 is 5.32 Å². The normalized spacial score (nSPS) is 15.1. The van der Waals surface area contributed by atoms with Gasteiger partial charge >= 0.3 is 5.97 Å². The van der Waals surface area contributed by atoms with Crippen LogP contribution in [0.4, 0.5) is 5.00 Å². The standard InChI is InChI=1S/C28H28N2O3S2/c1-4-17-11-13-23(34-17)22-15-20(18-8-6-7-9-21(18)29-22)26(31)30-27-25(28(32)33-5-2)19-12-10-16(3)14-24(19)35-27/h6-9,11,13,15-16H,4-5,10,12,14H2,1-3H3,(H,30,31). The van der Waals surface area contributed by atoms with Crippen LogP contribution in [0.2, 0.25) is 0 Å². The molecule has 35 heavy (non-hydrogen) atoms. The summed E-state index contributed by atoms with van der Waals surface area (Å²) >= 11 is 3.20. The number of carbonyl (C=O) groups excluding carboxylic acids is 2. The number of nitrogens with zero attached hydrogens (tertiary/aromatic N) is 1. The van der Waals surface area contributed by atoms with E-state index in [2.05, 4.69) is 31.3 Å². The van der Waals surface area contributed by atoms with Gasteiger partial charge in [0.1, 0.15) is 5.00 Å². The largest absolute Gasteiger partial charge is 0.462 e. The molecule has 1 aliphatic rings. The summed E-state index contributed by atoms with van der Waals surface area (Å²) in [4.78, 5) is 34.9. The number of esters is 1. The number of aromatic nitrogens is 1. The van der Waals surface area contributed by atoms with Gasteiger partial charge in [-0.15, -0.1) is 22.7 Å². The fraction of sp³-hybridized carbons (Fsp3) is 0.321. The van der Waals surface area contributed by atoms with E-state index in [1.54, 1.807) is 18.3 Å². The number of pyridine rings is 1. The monoisotopic (exact) mass is 504 g/mol. The summed E-state index contributed by atoms with van der Waals surface area (Å²) in [7, 11) is 0. The Bertz CT molecular complexity index is 1420. The molecule has 1 aliphatic carbocycles. The highest BCUT2D eigenvalue weighted by atomic mass is 32.1. The van der Waals surface area contributed by atoms with E-state index in [0.29, 0.717) is 28.7 Å². The Labute approximate surface area is 213 Å². The Balaban J connectivity index is 1.57. The van der Waals surface area contributed by atoms with Crippen LogP contribution in [0.5, 0.6) is 0 Å². The summed E-state index contributed by atoms with van der Waals surface area (Å²) in [6.07, 6.45) is 3.74. The van der Waals surface area contributed by atoms with E-state index in [1.165, 1.54) is 21.1 Å². The van der Waals surface area contributed by atoms with Crippen LogP contribution in [0.25, 0.3) is 21.5 Å². The Hall–Kier alpha value is -3.03. The topological polar surface area (TPSA) is 68.3 Å². The number of ether oxygens (including phenoxy) is 1. The first kappa shape index (κ1) is 23.7. The zero-order chi connectivity index (χ0) is 24.5. The Morgan fingerprint density at radius 3 is 2.74 bits per heavy atom. The number of anilines is 1. The first-order valence-electron chi connectivity index (χ1n) is 12.1. The molecule has 0 fully saturated rings. The fourth-order valence-corrected chi connectivity index (χ4v) is 6.93. The second kappa shape index (κ2) is 9.91. The molecule has 5 rings (SSSR count). The Morgan fingerprint density at radius 1 is 1.14 bits per heavy atom. The maximum Gasteiger partial charge on any atom is 0.341 e. The van der Waals surface area contributed by atoms with Crippen molar-refractivity contribution in [3.63, 3.8) is 0 Å². The van der Waals surface area contributed by atoms with Crippen molar-refractivity contribution in [1.29, 1.82) is 0 Å². The van der Waals surface area contributed by atoms with Gasteiger partial charge in [0.25, 0.3) is 5.91 Å². The molecule has 0 spiro atoms. The second-order valence-electron chi connectivity index (χ2n) is 8.92. The number of rotatable bonds is 6. The van der Waals surface area contributed by atoms with Gasteiger partial charge in [-0.25, -0.2) is 9.78 Å². The summed E-state index contributed by atoms with van der Waals surface area (Å²) in [5, 5.41) is 4.45. The molecule has 180 valence electrons. The Kier molecular flexibility index (Phi) is 6.71. The average molecular weight is 505 g/mol. The van der Waals surface area contributed by atoms with Crippen molar-refractivity contribution < 1.29 is 14.3 Å². The van der Waals surface area contributed by atoms with Gasteiger partial charge in [-0.1, -0.05) is 32.0 Å². The molecule has 1 aromatic carbocycles. The molecule has 1 atom stereocenters. The predicted molar refractivity (Wildman–Crippen MR) is 144 cm³/mol. The average Bonchev–Trinajstić information content (AvgIpc) is 3.47. The van der Waals surface area contributed by atoms with Gasteiger partial charge in [0.2, 0.25) is 0 Å². The molecule has 7 heteroatoms. The lowest BCUT2D eigenvalue weighted by Gasteiger charge is -2.18. The lowest BCUT2D eigenvalue weighted by Crippen LogP contribution is -2.17. The van der Waals surface area contributed by atoms with E-state index in [1.807, 2.05) is 30.3 Å². The quantitative estimate of drug-likeness (QED) is 0.283. The van der Waals surface area contributed by atoms with E-state index in [4.69, 9.17) is 9.72 Å². The van der Waals surface area contributed by atoms with E-state index in [-0.39, 0.29) is 11.9 Å². The van der Waals surface area contributed by atoms with Gasteiger partial charge in [-0.3, -0.25) is 4.79 Å². The number of fused-ring (bicyclic) bond motifs is 2. The van der Waals surface area contributed by atoms with Gasteiger partial charge < -0.3 is 10.1 Å². The molecule has 0 radical (unpaired) electrons. The highest BCUT2D eigenvalue weighted by Gasteiger charge is 2.29. The fourth-order valence-electron chi connectivity index (χ4n) is 4.62. The van der Waals surface area contributed by atoms with Crippen LogP contribution in [0.1, 0.15) is 63.2 Å². The third kappa shape index (κ3) is 4.62. The van der Waals surface area contributed by atoms with Crippen LogP contribution in [0.3, 0.4) is 0 Å². The highest BCUT2D eigenvalue weighted by Crippen LogP contribution is 2.40. The van der Waals surface area contributed by atoms with Crippen LogP contribution >= 0.6 is 22.7 Å². The number of para-hydroxylation sites is 1. The predicted octanol–water partition coefficient (Wildman–Crippen LogP) is 7.14. The summed E-state index contributed by atoms with van der Waals surface area (Å²) in [5.74, 6) is -0.0413. The van der Waals surface area contributed by atoms with E-state index in [9.17, 15) is 9.59 Å². The van der Waals surface area contributed by atoms with Crippen LogP contribution in [0.15, 0.2) is 42.5 Å². The maximum absolute atomic E-state index is 13.7. The van der Waals surface area contributed by atoms with E-state index >= 15 is 0 Å². The molecule has 3 heterocycles. The van der Waals surface area contributed by atoms with Crippen molar-refractivity contribution in [3.05, 3.63) is 68.9 Å².